The fourth-order valence-electron chi connectivity index (χ4n) is 2.16. The van der Waals surface area contributed by atoms with Gasteiger partial charge in [0.15, 0.2) is 0 Å². The lowest BCUT2D eigenvalue weighted by Gasteiger charge is -2.21. The zero-order valence-corrected chi connectivity index (χ0v) is 12.0. The Hall–Kier alpha value is -2.76. The minimum atomic E-state index is -0.396. The normalized spacial score (nSPS) is 10.2. The van der Waals surface area contributed by atoms with Crippen molar-refractivity contribution >= 4 is 0 Å². The quantitative estimate of drug-likeness (QED) is 0.821. The minimum Gasteiger partial charge on any atom is -0.294 e. The number of rotatable bonds is 6. The van der Waals surface area contributed by atoms with E-state index in [-0.39, 0.29) is 0 Å². The summed E-state index contributed by atoms with van der Waals surface area (Å²) in [5, 5.41) is 17.5. The zero-order chi connectivity index (χ0) is 15.8. The molecule has 0 saturated carbocycles. The average molecular weight is 294 g/mol. The van der Waals surface area contributed by atoms with Crippen molar-refractivity contribution in [2.45, 2.75) is 19.5 Å². The Kier molecular flexibility index (Phi) is 5.59. The lowest BCUT2D eigenvalue weighted by atomic mass is 10.1. The number of nitrogens with zero attached hydrogens (tertiary/aromatic N) is 4. The first-order valence-corrected chi connectivity index (χ1v) is 6.89. The van der Waals surface area contributed by atoms with E-state index < -0.39 is 5.82 Å². The topological polar surface area (TPSA) is 63.7 Å². The van der Waals surface area contributed by atoms with E-state index in [0.29, 0.717) is 37.2 Å². The molecule has 0 aliphatic rings. The second-order valence-electron chi connectivity index (χ2n) is 4.90. The maximum Gasteiger partial charge on any atom is 0.129 e. The van der Waals surface area contributed by atoms with Crippen molar-refractivity contribution in [3.63, 3.8) is 0 Å². The van der Waals surface area contributed by atoms with Crippen LogP contribution in [0.5, 0.6) is 0 Å². The maximum atomic E-state index is 14.0. The van der Waals surface area contributed by atoms with E-state index in [1.165, 1.54) is 6.07 Å². The molecule has 22 heavy (non-hydrogen) atoms. The molecule has 1 aromatic carbocycles. The molecule has 1 aromatic heterocycles. The third-order valence-electron chi connectivity index (χ3n) is 3.24. The van der Waals surface area contributed by atoms with Crippen molar-refractivity contribution < 1.29 is 4.39 Å². The summed E-state index contributed by atoms with van der Waals surface area (Å²) in [6, 6.07) is 12.3. The molecule has 2 aromatic rings. The summed E-state index contributed by atoms with van der Waals surface area (Å²) in [6.07, 6.45) is 3.83. The van der Waals surface area contributed by atoms with Crippen LogP contribution < -0.4 is 0 Å². The van der Waals surface area contributed by atoms with Crippen LogP contribution in [0.4, 0.5) is 4.39 Å². The van der Waals surface area contributed by atoms with Crippen LogP contribution >= 0.6 is 0 Å². The first-order chi connectivity index (χ1) is 10.7. The van der Waals surface area contributed by atoms with E-state index in [0.717, 1.165) is 5.56 Å². The van der Waals surface area contributed by atoms with Crippen LogP contribution in [-0.2, 0) is 13.1 Å². The summed E-state index contributed by atoms with van der Waals surface area (Å²) in [7, 11) is 0. The summed E-state index contributed by atoms with van der Waals surface area (Å²) in [4.78, 5) is 6.05. The highest BCUT2D eigenvalue weighted by Gasteiger charge is 2.11. The first kappa shape index (κ1) is 15.6. The number of hydrogen-bond acceptors (Lipinski definition) is 4. The fourth-order valence-corrected chi connectivity index (χ4v) is 2.16. The fraction of sp³-hybridized carbons (Fsp3) is 0.235. The van der Waals surface area contributed by atoms with Crippen molar-refractivity contribution in [1.29, 1.82) is 10.5 Å². The SMILES string of the molecule is N#CCCN(Cc1cccnc1)Cc1ccc(C#N)cc1F. The van der Waals surface area contributed by atoms with E-state index >= 15 is 0 Å². The number of hydrogen-bond donors (Lipinski definition) is 0. The zero-order valence-electron chi connectivity index (χ0n) is 12.0. The Morgan fingerprint density at radius 1 is 1.18 bits per heavy atom. The van der Waals surface area contributed by atoms with Gasteiger partial charge in [0.1, 0.15) is 5.82 Å². The Morgan fingerprint density at radius 2 is 2.05 bits per heavy atom. The summed E-state index contributed by atoms with van der Waals surface area (Å²) in [5.41, 5.74) is 1.83. The van der Waals surface area contributed by atoms with Gasteiger partial charge >= 0.3 is 0 Å². The van der Waals surface area contributed by atoms with E-state index in [2.05, 4.69) is 11.1 Å². The van der Waals surface area contributed by atoms with Crippen LogP contribution in [0.3, 0.4) is 0 Å². The molecule has 0 bridgehead atoms. The van der Waals surface area contributed by atoms with Gasteiger partial charge in [-0.15, -0.1) is 0 Å². The molecule has 0 aliphatic heterocycles. The molecule has 5 heteroatoms. The number of aromatic nitrogens is 1. The van der Waals surface area contributed by atoms with E-state index in [1.807, 2.05) is 23.1 Å². The van der Waals surface area contributed by atoms with Crippen molar-refractivity contribution in [2.24, 2.45) is 0 Å². The largest absolute Gasteiger partial charge is 0.294 e. The van der Waals surface area contributed by atoms with E-state index in [4.69, 9.17) is 10.5 Å². The lowest BCUT2D eigenvalue weighted by Crippen LogP contribution is -2.24. The van der Waals surface area contributed by atoms with Crippen molar-refractivity contribution in [3.05, 3.63) is 65.2 Å². The molecule has 0 aliphatic carbocycles. The number of benzene rings is 1. The molecule has 0 fully saturated rings. The molecule has 1 heterocycles. The Bertz CT molecular complexity index is 701. The van der Waals surface area contributed by atoms with Gasteiger partial charge in [-0.3, -0.25) is 9.88 Å². The molecule has 4 nitrogen and oxygen atoms in total. The van der Waals surface area contributed by atoms with Gasteiger partial charge in [0.05, 0.1) is 17.7 Å². The molecule has 0 unspecified atom stereocenters. The predicted octanol–water partition coefficient (Wildman–Crippen LogP) is 3.01. The van der Waals surface area contributed by atoms with E-state index in [9.17, 15) is 4.39 Å². The molecule has 0 amide bonds. The molecule has 0 atom stereocenters. The highest BCUT2D eigenvalue weighted by Crippen LogP contribution is 2.15. The molecule has 0 radical (unpaired) electrons. The highest BCUT2D eigenvalue weighted by atomic mass is 19.1. The van der Waals surface area contributed by atoms with E-state index in [1.54, 1.807) is 24.5 Å². The molecule has 110 valence electrons. The molecule has 0 N–H and O–H groups in total. The molecule has 0 spiro atoms. The third kappa shape index (κ3) is 4.37. The van der Waals surface area contributed by atoms with Gasteiger partial charge < -0.3 is 0 Å². The van der Waals surface area contributed by atoms with Crippen molar-refractivity contribution in [3.8, 4) is 12.1 Å². The molecule has 0 saturated heterocycles. The van der Waals surface area contributed by atoms with Crippen LogP contribution in [0.25, 0.3) is 0 Å². The molecular weight excluding hydrogens is 279 g/mol. The van der Waals surface area contributed by atoms with Crippen LogP contribution in [0.15, 0.2) is 42.7 Å². The standard InChI is InChI=1S/C17H15FN4/c18-17-9-14(10-20)4-5-16(17)13-22(8-2-6-19)12-15-3-1-7-21-11-15/h1,3-5,7,9,11H,2,8,12-13H2. The molecular formula is C17H15FN4. The van der Waals surface area contributed by atoms with Crippen LogP contribution in [0, 0.1) is 28.5 Å². The summed E-state index contributed by atoms with van der Waals surface area (Å²) >= 11 is 0. The first-order valence-electron chi connectivity index (χ1n) is 6.89. The highest BCUT2D eigenvalue weighted by molar-refractivity contribution is 5.32. The summed E-state index contributed by atoms with van der Waals surface area (Å²) < 4.78 is 14.0. The second-order valence-corrected chi connectivity index (χ2v) is 4.90. The number of pyridine rings is 1. The van der Waals surface area contributed by atoms with Crippen LogP contribution in [0.2, 0.25) is 0 Å². The predicted molar refractivity (Wildman–Crippen MR) is 79.7 cm³/mol. The van der Waals surface area contributed by atoms with Crippen molar-refractivity contribution in [2.75, 3.05) is 6.54 Å². The van der Waals surface area contributed by atoms with Gasteiger partial charge in [0, 0.05) is 44.0 Å². The van der Waals surface area contributed by atoms with Gasteiger partial charge in [0.25, 0.3) is 0 Å². The average Bonchev–Trinajstić information content (AvgIpc) is 2.55. The third-order valence-corrected chi connectivity index (χ3v) is 3.24. The molecule has 2 rings (SSSR count). The van der Waals surface area contributed by atoms with Gasteiger partial charge in [-0.25, -0.2) is 4.39 Å². The van der Waals surface area contributed by atoms with Crippen LogP contribution in [0.1, 0.15) is 23.1 Å². The summed E-state index contributed by atoms with van der Waals surface area (Å²) in [5.74, 6) is -0.396. The Morgan fingerprint density at radius 3 is 2.68 bits per heavy atom. The Balaban J connectivity index is 2.13. The van der Waals surface area contributed by atoms with Crippen molar-refractivity contribution in [1.82, 2.24) is 9.88 Å². The Labute approximate surface area is 129 Å². The lowest BCUT2D eigenvalue weighted by molar-refractivity contribution is 0.259. The van der Waals surface area contributed by atoms with Crippen LogP contribution in [-0.4, -0.2) is 16.4 Å². The van der Waals surface area contributed by atoms with Gasteiger partial charge in [-0.1, -0.05) is 12.1 Å². The smallest absolute Gasteiger partial charge is 0.129 e. The summed E-state index contributed by atoms with van der Waals surface area (Å²) in [6.45, 7) is 1.52. The number of halogens is 1. The number of nitriles is 2. The van der Waals surface area contributed by atoms with Gasteiger partial charge in [0.2, 0.25) is 0 Å². The maximum absolute atomic E-state index is 14.0. The minimum absolute atomic E-state index is 0.303. The monoisotopic (exact) mass is 294 g/mol. The van der Waals surface area contributed by atoms with Gasteiger partial charge in [-0.05, 0) is 23.8 Å². The van der Waals surface area contributed by atoms with Gasteiger partial charge in [-0.2, -0.15) is 10.5 Å². The second kappa shape index (κ2) is 7.87.